The lowest BCUT2D eigenvalue weighted by Gasteiger charge is -2.13. The van der Waals surface area contributed by atoms with E-state index < -0.39 is 16.8 Å². The van der Waals surface area contributed by atoms with Gasteiger partial charge in [-0.2, -0.15) is 0 Å². The van der Waals surface area contributed by atoms with Crippen molar-refractivity contribution >= 4 is 23.6 Å². The van der Waals surface area contributed by atoms with Crippen LogP contribution in [0.2, 0.25) is 0 Å². The van der Waals surface area contributed by atoms with Gasteiger partial charge in [-0.25, -0.2) is 4.79 Å². The fourth-order valence-electron chi connectivity index (χ4n) is 2.16. The molecule has 0 bridgehead atoms. The molecule has 1 N–H and O–H groups in total. The molecule has 7 nitrogen and oxygen atoms in total. The van der Waals surface area contributed by atoms with Gasteiger partial charge in [0.1, 0.15) is 0 Å². The number of nitrogens with one attached hydrogen (secondary N) is 1. The molecule has 7 heteroatoms. The maximum absolute atomic E-state index is 11.8. The van der Waals surface area contributed by atoms with Crippen LogP contribution in [0.3, 0.4) is 0 Å². The number of nitrogens with zero attached hydrogens (tertiary/aromatic N) is 1. The lowest BCUT2D eigenvalue weighted by Crippen LogP contribution is -2.30. The van der Waals surface area contributed by atoms with E-state index in [4.69, 9.17) is 4.74 Å². The minimum absolute atomic E-state index is 0.0334. The number of carbonyl (C=O) groups excluding carboxylic acids is 2. The number of hydrogen-bond acceptors (Lipinski definition) is 5. The summed E-state index contributed by atoms with van der Waals surface area (Å²) >= 11 is 0. The summed E-state index contributed by atoms with van der Waals surface area (Å²) in [5.74, 6) is -1.08. The number of rotatable bonds is 7. The van der Waals surface area contributed by atoms with Gasteiger partial charge in [0.2, 0.25) is 0 Å². The zero-order valence-corrected chi connectivity index (χ0v) is 14.1. The first-order valence-electron chi connectivity index (χ1n) is 7.89. The van der Waals surface area contributed by atoms with Gasteiger partial charge in [-0.15, -0.1) is 0 Å². The molecule has 0 spiro atoms. The van der Waals surface area contributed by atoms with Crippen molar-refractivity contribution in [2.75, 3.05) is 6.61 Å². The van der Waals surface area contributed by atoms with Crippen molar-refractivity contribution in [2.45, 2.75) is 13.0 Å². The second kappa shape index (κ2) is 9.12. The Morgan fingerprint density at radius 2 is 1.81 bits per heavy atom. The smallest absolute Gasteiger partial charge is 0.331 e. The zero-order valence-electron chi connectivity index (χ0n) is 14.1. The van der Waals surface area contributed by atoms with Gasteiger partial charge in [0.25, 0.3) is 11.6 Å². The number of non-ortho nitro benzene ring substituents is 1. The summed E-state index contributed by atoms with van der Waals surface area (Å²) in [5.41, 5.74) is 1.52. The van der Waals surface area contributed by atoms with Crippen LogP contribution in [-0.4, -0.2) is 23.4 Å². The molecule has 0 aliphatic carbocycles. The van der Waals surface area contributed by atoms with E-state index in [0.29, 0.717) is 5.56 Å². The summed E-state index contributed by atoms with van der Waals surface area (Å²) in [6.07, 6.45) is 2.62. The number of amides is 1. The van der Waals surface area contributed by atoms with Crippen LogP contribution >= 0.6 is 0 Å². The maximum atomic E-state index is 11.8. The molecule has 0 aliphatic heterocycles. The van der Waals surface area contributed by atoms with E-state index in [-0.39, 0.29) is 18.3 Å². The SMILES string of the molecule is C[C@@H](NC(=O)COC(=O)/C=C/c1ccc([N+](=O)[O-])cc1)c1ccccc1. The lowest BCUT2D eigenvalue weighted by molar-refractivity contribution is -0.384. The minimum Gasteiger partial charge on any atom is -0.452 e. The summed E-state index contributed by atoms with van der Waals surface area (Å²) in [5, 5.41) is 13.3. The standard InChI is InChI=1S/C19H18N2O5/c1-14(16-5-3-2-4-6-16)20-18(22)13-26-19(23)12-9-15-7-10-17(11-8-15)21(24)25/h2-12,14H,13H2,1H3,(H,20,22)/b12-9+/t14-/m1/s1. The van der Waals surface area contributed by atoms with Gasteiger partial charge in [0.05, 0.1) is 11.0 Å². The van der Waals surface area contributed by atoms with Gasteiger partial charge in [0, 0.05) is 18.2 Å². The fourth-order valence-corrected chi connectivity index (χ4v) is 2.16. The highest BCUT2D eigenvalue weighted by Crippen LogP contribution is 2.13. The largest absolute Gasteiger partial charge is 0.452 e. The van der Waals surface area contributed by atoms with Gasteiger partial charge in [-0.1, -0.05) is 30.3 Å². The van der Waals surface area contributed by atoms with Crippen molar-refractivity contribution in [1.29, 1.82) is 0 Å². The van der Waals surface area contributed by atoms with Crippen LogP contribution < -0.4 is 5.32 Å². The van der Waals surface area contributed by atoms with Crippen LogP contribution in [0, 0.1) is 10.1 Å². The first kappa shape index (κ1) is 18.9. The molecule has 0 unspecified atom stereocenters. The van der Waals surface area contributed by atoms with E-state index in [9.17, 15) is 19.7 Å². The molecule has 0 saturated carbocycles. The fraction of sp³-hybridized carbons (Fsp3) is 0.158. The monoisotopic (exact) mass is 354 g/mol. The van der Waals surface area contributed by atoms with Crippen molar-refractivity contribution in [3.63, 3.8) is 0 Å². The van der Waals surface area contributed by atoms with E-state index >= 15 is 0 Å². The number of benzene rings is 2. The third-order valence-electron chi connectivity index (χ3n) is 3.54. The molecule has 0 aliphatic rings. The van der Waals surface area contributed by atoms with Crippen LogP contribution in [-0.2, 0) is 14.3 Å². The molecule has 0 heterocycles. The Hall–Kier alpha value is -3.48. The molecule has 1 atom stereocenters. The van der Waals surface area contributed by atoms with Crippen molar-refractivity contribution in [3.05, 3.63) is 81.9 Å². The number of ether oxygens (including phenoxy) is 1. The summed E-state index contributed by atoms with van der Waals surface area (Å²) < 4.78 is 4.88. The van der Waals surface area contributed by atoms with Gasteiger partial charge >= 0.3 is 5.97 Å². The summed E-state index contributed by atoms with van der Waals surface area (Å²) in [6, 6.07) is 14.9. The quantitative estimate of drug-likeness (QED) is 0.357. The van der Waals surface area contributed by atoms with Crippen molar-refractivity contribution < 1.29 is 19.2 Å². The molecular weight excluding hydrogens is 336 g/mol. The van der Waals surface area contributed by atoms with E-state index in [1.54, 1.807) is 0 Å². The first-order valence-corrected chi connectivity index (χ1v) is 7.89. The maximum Gasteiger partial charge on any atom is 0.331 e. The highest BCUT2D eigenvalue weighted by Gasteiger charge is 2.10. The third kappa shape index (κ3) is 5.86. The van der Waals surface area contributed by atoms with Crippen LogP contribution in [0.15, 0.2) is 60.7 Å². The highest BCUT2D eigenvalue weighted by atomic mass is 16.6. The lowest BCUT2D eigenvalue weighted by atomic mass is 10.1. The molecule has 2 aromatic rings. The Morgan fingerprint density at radius 1 is 1.15 bits per heavy atom. The molecule has 26 heavy (non-hydrogen) atoms. The van der Waals surface area contributed by atoms with Crippen LogP contribution in [0.5, 0.6) is 0 Å². The molecule has 0 radical (unpaired) electrons. The third-order valence-corrected chi connectivity index (χ3v) is 3.54. The zero-order chi connectivity index (χ0) is 18.9. The molecule has 0 aromatic heterocycles. The Balaban J connectivity index is 1.78. The number of nitro benzene ring substituents is 1. The van der Waals surface area contributed by atoms with Crippen molar-refractivity contribution in [3.8, 4) is 0 Å². The van der Waals surface area contributed by atoms with Crippen LogP contribution in [0.1, 0.15) is 24.1 Å². The van der Waals surface area contributed by atoms with Crippen LogP contribution in [0.4, 0.5) is 5.69 Å². The first-order chi connectivity index (χ1) is 12.5. The predicted molar refractivity (Wildman–Crippen MR) is 96.1 cm³/mol. The second-order valence-electron chi connectivity index (χ2n) is 5.49. The second-order valence-corrected chi connectivity index (χ2v) is 5.49. The molecule has 0 saturated heterocycles. The van der Waals surface area contributed by atoms with E-state index in [1.807, 2.05) is 37.3 Å². The van der Waals surface area contributed by atoms with Crippen LogP contribution in [0.25, 0.3) is 6.08 Å². The normalized spacial score (nSPS) is 11.7. The molecule has 1 amide bonds. The van der Waals surface area contributed by atoms with E-state index in [2.05, 4.69) is 5.32 Å². The average molecular weight is 354 g/mol. The number of esters is 1. The summed E-state index contributed by atoms with van der Waals surface area (Å²) in [4.78, 5) is 33.6. The topological polar surface area (TPSA) is 98.5 Å². The predicted octanol–water partition coefficient (Wildman–Crippen LogP) is 3.03. The minimum atomic E-state index is -0.675. The number of carbonyl (C=O) groups is 2. The van der Waals surface area contributed by atoms with Crippen molar-refractivity contribution in [1.82, 2.24) is 5.32 Å². The van der Waals surface area contributed by atoms with Crippen molar-refractivity contribution in [2.24, 2.45) is 0 Å². The van der Waals surface area contributed by atoms with Gasteiger partial charge < -0.3 is 10.1 Å². The number of hydrogen-bond donors (Lipinski definition) is 1. The summed E-state index contributed by atoms with van der Waals surface area (Å²) in [7, 11) is 0. The van der Waals surface area contributed by atoms with Gasteiger partial charge in [-0.3, -0.25) is 14.9 Å². The molecule has 2 aromatic carbocycles. The Labute approximate surface area is 150 Å². The Bertz CT molecular complexity index is 800. The van der Waals surface area contributed by atoms with Gasteiger partial charge in [-0.05, 0) is 36.3 Å². The summed E-state index contributed by atoms with van der Waals surface area (Å²) in [6.45, 7) is 1.45. The van der Waals surface area contributed by atoms with E-state index in [0.717, 1.165) is 11.6 Å². The Kier molecular flexibility index (Phi) is 6.61. The molecular formula is C19H18N2O5. The molecule has 0 fully saturated rings. The highest BCUT2D eigenvalue weighted by molar-refractivity contribution is 5.89. The van der Waals surface area contributed by atoms with E-state index in [1.165, 1.54) is 30.3 Å². The number of nitro groups is 1. The average Bonchev–Trinajstić information content (AvgIpc) is 2.65. The van der Waals surface area contributed by atoms with Gasteiger partial charge in [0.15, 0.2) is 6.61 Å². The Morgan fingerprint density at radius 3 is 2.42 bits per heavy atom. The molecule has 2 rings (SSSR count). The molecule has 134 valence electrons.